The Morgan fingerprint density at radius 2 is 1.89 bits per heavy atom. The number of nitrogens with one attached hydrogen (secondary N) is 1. The molecular weight excluding hydrogens is 456 g/mol. The molecule has 11 heteroatoms. The van der Waals surface area contributed by atoms with E-state index in [1.165, 1.54) is 6.33 Å². The summed E-state index contributed by atoms with van der Waals surface area (Å²) in [7, 11) is 0. The minimum Gasteiger partial charge on any atom is -0.291 e. The fourth-order valence-corrected chi connectivity index (χ4v) is 4.23. The van der Waals surface area contributed by atoms with Crippen LogP contribution in [0.15, 0.2) is 59.9 Å². The highest BCUT2D eigenvalue weighted by Gasteiger charge is 2.19. The normalized spacial score (nSPS) is 12.2. The first kappa shape index (κ1) is 23.3. The van der Waals surface area contributed by atoms with E-state index in [9.17, 15) is 4.79 Å². The number of hydrogen-bond acceptors (Lipinski definition) is 7. The van der Waals surface area contributed by atoms with Gasteiger partial charge in [0, 0.05) is 29.2 Å². The number of pyridine rings is 1. The molecule has 184 valence electrons. The van der Waals surface area contributed by atoms with Crippen LogP contribution in [-0.4, -0.2) is 49.5 Å². The molecule has 1 aromatic carbocycles. The molecule has 11 nitrogen and oxygen atoms in total. The average molecular weight is 485 g/mol. The first-order valence-corrected chi connectivity index (χ1v) is 12.1. The summed E-state index contributed by atoms with van der Waals surface area (Å²) in [6.07, 6.45) is 7.79. The lowest BCUT2D eigenvalue weighted by Crippen LogP contribution is -2.27. The number of benzene rings is 1. The maximum atomic E-state index is 13.5. The molecular formula is C25H28N10O. The van der Waals surface area contributed by atoms with E-state index in [-0.39, 0.29) is 11.7 Å². The van der Waals surface area contributed by atoms with Crippen LogP contribution in [0.2, 0.25) is 0 Å². The first-order chi connectivity index (χ1) is 17.6. The third-order valence-electron chi connectivity index (χ3n) is 6.30. The smallest absolute Gasteiger partial charge is 0.291 e. The summed E-state index contributed by atoms with van der Waals surface area (Å²) in [6.45, 7) is 6.67. The van der Waals surface area contributed by atoms with E-state index in [0.29, 0.717) is 18.3 Å². The van der Waals surface area contributed by atoms with Crippen molar-refractivity contribution in [3.8, 4) is 28.6 Å². The van der Waals surface area contributed by atoms with E-state index >= 15 is 0 Å². The Morgan fingerprint density at radius 3 is 2.58 bits per heavy atom. The standard InChI is InChI=1S/C25H28N10O/c1-4-8-19-15-34(24-27-16-28-35(24)17(3)5-2)25(36)33(19)14-18-11-12-22(26-13-18)20-9-6-7-10-21(20)23-29-31-32-30-23/h6-7,9-13,15-17H,4-5,8,14H2,1-3H3,(H,29,30,31,32). The molecule has 5 rings (SSSR count). The Hall–Kier alpha value is -4.41. The van der Waals surface area contributed by atoms with Gasteiger partial charge < -0.3 is 0 Å². The summed E-state index contributed by atoms with van der Waals surface area (Å²) < 4.78 is 5.20. The van der Waals surface area contributed by atoms with Crippen LogP contribution in [-0.2, 0) is 13.0 Å². The second kappa shape index (κ2) is 10.1. The number of aromatic nitrogens is 10. The Bertz CT molecular complexity index is 1490. The van der Waals surface area contributed by atoms with Gasteiger partial charge in [0.05, 0.1) is 18.3 Å². The molecule has 1 N–H and O–H groups in total. The molecule has 0 bridgehead atoms. The molecule has 1 atom stereocenters. The predicted molar refractivity (Wildman–Crippen MR) is 135 cm³/mol. The van der Waals surface area contributed by atoms with E-state index in [1.54, 1.807) is 13.8 Å². The van der Waals surface area contributed by atoms with Crippen LogP contribution in [0.1, 0.15) is 50.9 Å². The average Bonchev–Trinajstić information content (AvgIpc) is 3.67. The number of H-pyrrole nitrogens is 1. The molecule has 0 saturated carbocycles. The summed E-state index contributed by atoms with van der Waals surface area (Å²) in [6, 6.07) is 11.9. The van der Waals surface area contributed by atoms with Crippen molar-refractivity contribution in [1.82, 2.24) is 49.5 Å². The zero-order valence-electron chi connectivity index (χ0n) is 20.5. The predicted octanol–water partition coefficient (Wildman–Crippen LogP) is 3.44. The fraction of sp³-hybridized carbons (Fsp3) is 0.320. The summed E-state index contributed by atoms with van der Waals surface area (Å²) in [5, 5.41) is 18.7. The Morgan fingerprint density at radius 1 is 1.06 bits per heavy atom. The lowest BCUT2D eigenvalue weighted by molar-refractivity contribution is 0.466. The Labute approximate surface area is 207 Å². The second-order valence-corrected chi connectivity index (χ2v) is 8.70. The summed E-state index contributed by atoms with van der Waals surface area (Å²) in [4.78, 5) is 22.6. The van der Waals surface area contributed by atoms with Crippen LogP contribution in [0.25, 0.3) is 28.6 Å². The number of rotatable bonds is 9. The summed E-state index contributed by atoms with van der Waals surface area (Å²) in [5.74, 6) is 1.05. The van der Waals surface area contributed by atoms with Crippen molar-refractivity contribution in [1.29, 1.82) is 0 Å². The molecule has 0 aliphatic heterocycles. The zero-order chi connectivity index (χ0) is 25.1. The van der Waals surface area contributed by atoms with Gasteiger partial charge in [-0.1, -0.05) is 50.6 Å². The van der Waals surface area contributed by atoms with E-state index < -0.39 is 0 Å². The van der Waals surface area contributed by atoms with E-state index in [1.807, 2.05) is 48.8 Å². The highest BCUT2D eigenvalue weighted by molar-refractivity contribution is 5.78. The Kier molecular flexibility index (Phi) is 6.52. The molecule has 4 aromatic heterocycles. The van der Waals surface area contributed by atoms with Gasteiger partial charge in [-0.05, 0) is 36.6 Å². The highest BCUT2D eigenvalue weighted by atomic mass is 16.2. The van der Waals surface area contributed by atoms with E-state index in [2.05, 4.69) is 51.5 Å². The van der Waals surface area contributed by atoms with Gasteiger partial charge in [0.25, 0.3) is 0 Å². The lowest BCUT2D eigenvalue weighted by atomic mass is 10.0. The molecule has 0 radical (unpaired) electrons. The van der Waals surface area contributed by atoms with Crippen molar-refractivity contribution in [2.24, 2.45) is 0 Å². The molecule has 0 fully saturated rings. The van der Waals surface area contributed by atoms with E-state index in [4.69, 9.17) is 4.98 Å². The number of nitrogens with zero attached hydrogens (tertiary/aromatic N) is 9. The minimum absolute atomic E-state index is 0.137. The molecule has 36 heavy (non-hydrogen) atoms. The van der Waals surface area contributed by atoms with Gasteiger partial charge in [0.15, 0.2) is 0 Å². The van der Waals surface area contributed by atoms with Crippen LogP contribution in [0.4, 0.5) is 0 Å². The zero-order valence-corrected chi connectivity index (χ0v) is 20.5. The maximum Gasteiger partial charge on any atom is 0.335 e. The molecule has 5 aromatic rings. The van der Waals surface area contributed by atoms with Gasteiger partial charge in [-0.25, -0.2) is 14.0 Å². The van der Waals surface area contributed by atoms with Gasteiger partial charge in [-0.3, -0.25) is 9.55 Å². The maximum absolute atomic E-state index is 13.5. The van der Waals surface area contributed by atoms with Crippen molar-refractivity contribution in [3.63, 3.8) is 0 Å². The molecule has 1 unspecified atom stereocenters. The molecule has 0 amide bonds. The topological polar surface area (TPSA) is 125 Å². The van der Waals surface area contributed by atoms with Crippen LogP contribution in [0.5, 0.6) is 0 Å². The monoisotopic (exact) mass is 484 g/mol. The second-order valence-electron chi connectivity index (χ2n) is 8.70. The van der Waals surface area contributed by atoms with Gasteiger partial charge in [-0.2, -0.15) is 15.3 Å². The fourth-order valence-electron chi connectivity index (χ4n) is 4.23. The quantitative estimate of drug-likeness (QED) is 0.340. The number of tetrazole rings is 1. The molecule has 0 aliphatic carbocycles. The summed E-state index contributed by atoms with van der Waals surface area (Å²) in [5.41, 5.74) is 4.28. The van der Waals surface area contributed by atoms with Gasteiger partial charge >= 0.3 is 5.69 Å². The molecule has 0 saturated heterocycles. The number of aryl methyl sites for hydroxylation is 1. The number of aromatic amines is 1. The van der Waals surface area contributed by atoms with Crippen molar-refractivity contribution in [2.45, 2.75) is 52.6 Å². The summed E-state index contributed by atoms with van der Waals surface area (Å²) >= 11 is 0. The minimum atomic E-state index is -0.137. The van der Waals surface area contributed by atoms with Gasteiger partial charge in [0.2, 0.25) is 11.8 Å². The molecule has 0 spiro atoms. The van der Waals surface area contributed by atoms with Crippen molar-refractivity contribution in [2.75, 3.05) is 0 Å². The first-order valence-electron chi connectivity index (χ1n) is 12.1. The van der Waals surface area contributed by atoms with Crippen LogP contribution < -0.4 is 5.69 Å². The number of hydrogen-bond donors (Lipinski definition) is 1. The largest absolute Gasteiger partial charge is 0.335 e. The van der Waals surface area contributed by atoms with Gasteiger partial charge in [-0.15, -0.1) is 10.2 Å². The van der Waals surface area contributed by atoms with E-state index in [0.717, 1.165) is 47.3 Å². The van der Waals surface area contributed by atoms with Gasteiger partial charge in [0.1, 0.15) is 6.33 Å². The third kappa shape index (κ3) is 4.35. The third-order valence-corrected chi connectivity index (χ3v) is 6.30. The van der Waals surface area contributed by atoms with Crippen LogP contribution >= 0.6 is 0 Å². The van der Waals surface area contributed by atoms with Crippen molar-refractivity contribution < 1.29 is 0 Å². The Balaban J connectivity index is 1.47. The van der Waals surface area contributed by atoms with Crippen LogP contribution in [0.3, 0.4) is 0 Å². The molecule has 4 heterocycles. The van der Waals surface area contributed by atoms with Crippen LogP contribution in [0, 0.1) is 0 Å². The highest BCUT2D eigenvalue weighted by Crippen LogP contribution is 2.28. The molecule has 0 aliphatic rings. The number of imidazole rings is 1. The van der Waals surface area contributed by atoms with Crippen molar-refractivity contribution >= 4 is 0 Å². The van der Waals surface area contributed by atoms with Crippen molar-refractivity contribution in [3.05, 3.63) is 76.9 Å². The SMILES string of the molecule is CCCc1cn(-c2ncnn2C(C)CC)c(=O)n1Cc1ccc(-c2ccccc2-c2nn[nH]n2)nc1. The lowest BCUT2D eigenvalue weighted by Gasteiger charge is -2.11.